The van der Waals surface area contributed by atoms with Gasteiger partial charge < -0.3 is 19.1 Å². The van der Waals surface area contributed by atoms with Crippen molar-refractivity contribution in [2.24, 2.45) is 11.8 Å². The summed E-state index contributed by atoms with van der Waals surface area (Å²) in [6, 6.07) is 2.29. The van der Waals surface area contributed by atoms with E-state index in [9.17, 15) is 19.7 Å². The monoisotopic (exact) mass is 406 g/mol. The van der Waals surface area contributed by atoms with E-state index in [2.05, 4.69) is 0 Å². The van der Waals surface area contributed by atoms with Crippen molar-refractivity contribution in [3.63, 3.8) is 0 Å². The first-order valence-electron chi connectivity index (χ1n) is 9.80. The number of esters is 1. The Morgan fingerprint density at radius 3 is 2.41 bits per heavy atom. The number of likely N-dealkylation sites (tertiary alicyclic amines) is 1. The summed E-state index contributed by atoms with van der Waals surface area (Å²) in [4.78, 5) is 37.4. The molecule has 2 aliphatic rings. The molecule has 1 heterocycles. The van der Waals surface area contributed by atoms with Crippen LogP contribution in [0.1, 0.15) is 42.5 Å². The van der Waals surface area contributed by atoms with Crippen LogP contribution in [0.3, 0.4) is 0 Å². The lowest BCUT2D eigenvalue weighted by Crippen LogP contribution is -2.46. The number of hydrogen-bond acceptors (Lipinski definition) is 7. The molecule has 0 bridgehead atoms. The standard InChI is InChI=1S/C20H26N2O7/c1-27-17-9-15(16(22(25)26)10-18(17)28-2)20(24)29-12-19(23)21-8-7-13-5-3-4-6-14(13)11-21/h9-10,13-14H,3-8,11-12H2,1-2H3/t13-,14-/m1/s1. The summed E-state index contributed by atoms with van der Waals surface area (Å²) in [5.74, 6) is 0.274. The average Bonchev–Trinajstić information content (AvgIpc) is 2.75. The fourth-order valence-electron chi connectivity index (χ4n) is 4.31. The predicted octanol–water partition coefficient (Wildman–Crippen LogP) is 2.81. The number of rotatable bonds is 6. The molecule has 3 rings (SSSR count). The zero-order chi connectivity index (χ0) is 21.0. The first kappa shape index (κ1) is 20.9. The molecule has 1 aromatic rings. The van der Waals surface area contributed by atoms with E-state index < -0.39 is 23.2 Å². The van der Waals surface area contributed by atoms with Gasteiger partial charge in [-0.15, -0.1) is 0 Å². The van der Waals surface area contributed by atoms with Crippen LogP contribution >= 0.6 is 0 Å². The Morgan fingerprint density at radius 2 is 1.76 bits per heavy atom. The number of fused-ring (bicyclic) bond motifs is 1. The average molecular weight is 406 g/mol. The van der Waals surface area contributed by atoms with Gasteiger partial charge in [0.2, 0.25) is 0 Å². The second-order valence-electron chi connectivity index (χ2n) is 7.49. The Labute approximate surface area is 169 Å². The molecule has 1 aliphatic carbocycles. The molecule has 1 aliphatic heterocycles. The summed E-state index contributed by atoms with van der Waals surface area (Å²) in [6.07, 6.45) is 5.79. The Bertz CT molecular complexity index is 795. The van der Waals surface area contributed by atoms with Gasteiger partial charge in [-0.05, 0) is 24.7 Å². The molecule has 2 atom stereocenters. The highest BCUT2D eigenvalue weighted by molar-refractivity contribution is 5.96. The zero-order valence-corrected chi connectivity index (χ0v) is 16.7. The van der Waals surface area contributed by atoms with Crippen molar-refractivity contribution in [3.05, 3.63) is 27.8 Å². The van der Waals surface area contributed by atoms with Crippen molar-refractivity contribution in [2.45, 2.75) is 32.1 Å². The zero-order valence-electron chi connectivity index (χ0n) is 16.7. The van der Waals surface area contributed by atoms with Gasteiger partial charge >= 0.3 is 5.97 Å². The van der Waals surface area contributed by atoms with Crippen LogP contribution in [0.15, 0.2) is 12.1 Å². The third-order valence-corrected chi connectivity index (χ3v) is 5.89. The summed E-state index contributed by atoms with van der Waals surface area (Å²) in [5.41, 5.74) is -0.755. The smallest absolute Gasteiger partial charge is 0.345 e. The normalized spacial score (nSPS) is 21.1. The lowest BCUT2D eigenvalue weighted by Gasteiger charge is -2.41. The Kier molecular flexibility index (Phi) is 6.56. The third kappa shape index (κ3) is 4.60. The molecule has 0 N–H and O–H groups in total. The number of nitro groups is 1. The van der Waals surface area contributed by atoms with Crippen LogP contribution in [-0.4, -0.2) is 55.6 Å². The summed E-state index contributed by atoms with van der Waals surface area (Å²) in [7, 11) is 2.70. The maximum Gasteiger partial charge on any atom is 0.345 e. The number of nitrogens with zero attached hydrogens (tertiary/aromatic N) is 2. The molecule has 1 aromatic carbocycles. The summed E-state index contributed by atoms with van der Waals surface area (Å²) in [6.45, 7) is 0.910. The number of piperidine rings is 1. The van der Waals surface area contributed by atoms with Crippen molar-refractivity contribution >= 4 is 17.6 Å². The first-order chi connectivity index (χ1) is 13.9. The van der Waals surface area contributed by atoms with Crippen molar-refractivity contribution in [2.75, 3.05) is 33.9 Å². The number of nitro benzene ring substituents is 1. The third-order valence-electron chi connectivity index (χ3n) is 5.89. The topological polar surface area (TPSA) is 108 Å². The molecule has 2 fully saturated rings. The molecule has 9 nitrogen and oxygen atoms in total. The van der Waals surface area contributed by atoms with Gasteiger partial charge in [0, 0.05) is 19.2 Å². The van der Waals surface area contributed by atoms with Crippen molar-refractivity contribution in [1.29, 1.82) is 0 Å². The molecule has 0 aromatic heterocycles. The molecule has 1 saturated carbocycles. The van der Waals surface area contributed by atoms with Gasteiger partial charge in [0.1, 0.15) is 5.56 Å². The Hall–Kier alpha value is -2.84. The van der Waals surface area contributed by atoms with Crippen LogP contribution in [0, 0.1) is 22.0 Å². The molecule has 0 spiro atoms. The second-order valence-corrected chi connectivity index (χ2v) is 7.49. The second kappa shape index (κ2) is 9.11. The predicted molar refractivity (Wildman–Crippen MR) is 103 cm³/mol. The number of ether oxygens (including phenoxy) is 3. The molecular formula is C20H26N2O7. The molecule has 0 radical (unpaired) electrons. The van der Waals surface area contributed by atoms with Gasteiger partial charge in [0.05, 0.1) is 25.2 Å². The van der Waals surface area contributed by atoms with Gasteiger partial charge in [-0.2, -0.15) is 0 Å². The Morgan fingerprint density at radius 1 is 1.10 bits per heavy atom. The van der Waals surface area contributed by atoms with Crippen molar-refractivity contribution < 1.29 is 28.7 Å². The van der Waals surface area contributed by atoms with E-state index in [1.807, 2.05) is 0 Å². The van der Waals surface area contributed by atoms with E-state index >= 15 is 0 Å². The lowest BCUT2D eigenvalue weighted by atomic mass is 9.75. The highest BCUT2D eigenvalue weighted by Crippen LogP contribution is 2.36. The SMILES string of the molecule is COc1cc(C(=O)OCC(=O)N2CC[C@H]3CCCC[C@@H]3C2)c([N+](=O)[O-])cc1OC. The van der Waals surface area contributed by atoms with Crippen LogP contribution in [0.5, 0.6) is 11.5 Å². The highest BCUT2D eigenvalue weighted by atomic mass is 16.6. The number of benzene rings is 1. The molecule has 9 heteroatoms. The molecule has 1 amide bonds. The maximum atomic E-state index is 12.5. The van der Waals surface area contributed by atoms with Gasteiger partial charge in [-0.1, -0.05) is 19.3 Å². The van der Waals surface area contributed by atoms with Crippen LogP contribution in [0.2, 0.25) is 0 Å². The molecular weight excluding hydrogens is 380 g/mol. The molecule has 1 saturated heterocycles. The number of hydrogen-bond donors (Lipinski definition) is 0. The van der Waals surface area contributed by atoms with E-state index in [-0.39, 0.29) is 23.0 Å². The van der Waals surface area contributed by atoms with Crippen molar-refractivity contribution in [3.8, 4) is 11.5 Å². The minimum atomic E-state index is -0.946. The van der Waals surface area contributed by atoms with E-state index in [1.165, 1.54) is 39.5 Å². The Balaban J connectivity index is 1.65. The molecule has 29 heavy (non-hydrogen) atoms. The quantitative estimate of drug-likeness (QED) is 0.406. The number of carbonyl (C=O) groups is 2. The lowest BCUT2D eigenvalue weighted by molar-refractivity contribution is -0.385. The summed E-state index contributed by atoms with van der Waals surface area (Å²) >= 11 is 0. The van der Waals surface area contributed by atoms with E-state index in [0.717, 1.165) is 18.9 Å². The van der Waals surface area contributed by atoms with Crippen LogP contribution in [0.4, 0.5) is 5.69 Å². The maximum absolute atomic E-state index is 12.5. The van der Waals surface area contributed by atoms with Gasteiger partial charge in [0.15, 0.2) is 18.1 Å². The summed E-state index contributed by atoms with van der Waals surface area (Å²) < 4.78 is 15.3. The van der Waals surface area contributed by atoms with E-state index in [0.29, 0.717) is 24.9 Å². The number of methoxy groups -OCH3 is 2. The van der Waals surface area contributed by atoms with Gasteiger partial charge in [0.25, 0.3) is 11.6 Å². The fourth-order valence-corrected chi connectivity index (χ4v) is 4.31. The molecule has 0 unspecified atom stereocenters. The first-order valence-corrected chi connectivity index (χ1v) is 9.80. The van der Waals surface area contributed by atoms with Crippen molar-refractivity contribution in [1.82, 2.24) is 4.90 Å². The summed E-state index contributed by atoms with van der Waals surface area (Å²) in [5, 5.41) is 11.3. The largest absolute Gasteiger partial charge is 0.493 e. The van der Waals surface area contributed by atoms with E-state index in [4.69, 9.17) is 14.2 Å². The van der Waals surface area contributed by atoms with Crippen LogP contribution in [0.25, 0.3) is 0 Å². The molecule has 158 valence electrons. The minimum absolute atomic E-state index is 0.127. The van der Waals surface area contributed by atoms with Crippen LogP contribution in [-0.2, 0) is 9.53 Å². The van der Waals surface area contributed by atoms with Gasteiger partial charge in [-0.3, -0.25) is 14.9 Å². The van der Waals surface area contributed by atoms with Crippen LogP contribution < -0.4 is 9.47 Å². The number of carbonyl (C=O) groups excluding carboxylic acids is 2. The van der Waals surface area contributed by atoms with Gasteiger partial charge in [-0.25, -0.2) is 4.79 Å². The fraction of sp³-hybridized carbons (Fsp3) is 0.600. The minimum Gasteiger partial charge on any atom is -0.493 e. The van der Waals surface area contributed by atoms with E-state index in [1.54, 1.807) is 4.90 Å². The highest BCUT2D eigenvalue weighted by Gasteiger charge is 2.33. The number of amides is 1.